The van der Waals surface area contributed by atoms with Gasteiger partial charge in [-0.25, -0.2) is 0 Å². The Hall–Kier alpha value is -0.720. The predicted octanol–water partition coefficient (Wildman–Crippen LogP) is 3.65. The van der Waals surface area contributed by atoms with E-state index < -0.39 is 5.79 Å². The van der Waals surface area contributed by atoms with E-state index in [1.165, 1.54) is 0 Å². The van der Waals surface area contributed by atoms with Crippen molar-refractivity contribution in [1.82, 2.24) is 0 Å². The second-order valence-electron chi connectivity index (χ2n) is 6.37. The lowest BCUT2D eigenvalue weighted by Gasteiger charge is -2.28. The third kappa shape index (κ3) is 3.69. The molecule has 23 heavy (non-hydrogen) atoms. The van der Waals surface area contributed by atoms with E-state index in [4.69, 9.17) is 18.9 Å². The number of benzene rings is 1. The van der Waals surface area contributed by atoms with Gasteiger partial charge in [-0.15, -0.1) is 6.58 Å². The van der Waals surface area contributed by atoms with E-state index in [9.17, 15) is 0 Å². The van der Waals surface area contributed by atoms with Gasteiger partial charge in [0.25, 0.3) is 0 Å². The lowest BCUT2D eigenvalue weighted by atomic mass is 9.95. The van der Waals surface area contributed by atoms with Crippen LogP contribution in [-0.4, -0.2) is 35.7 Å². The third-order valence-corrected chi connectivity index (χ3v) is 4.87. The SMILES string of the molecule is C=C[C@H]1[C@H]2OC(C)(C)O[C@H]2O[C@@H]1[C@H](CBr)OCc1ccccc1. The van der Waals surface area contributed by atoms with Gasteiger partial charge < -0.3 is 18.9 Å². The van der Waals surface area contributed by atoms with E-state index in [1.807, 2.05) is 38.1 Å². The Morgan fingerprint density at radius 3 is 2.70 bits per heavy atom. The van der Waals surface area contributed by atoms with Crippen molar-refractivity contribution in [3.63, 3.8) is 0 Å². The summed E-state index contributed by atoms with van der Waals surface area (Å²) in [7, 11) is 0. The zero-order valence-corrected chi connectivity index (χ0v) is 15.1. The summed E-state index contributed by atoms with van der Waals surface area (Å²) in [6.07, 6.45) is 1.16. The van der Waals surface area contributed by atoms with Gasteiger partial charge >= 0.3 is 0 Å². The Labute approximate surface area is 145 Å². The summed E-state index contributed by atoms with van der Waals surface area (Å²) in [5.74, 6) is -0.573. The zero-order valence-electron chi connectivity index (χ0n) is 13.5. The van der Waals surface area contributed by atoms with Crippen LogP contribution in [0.15, 0.2) is 43.0 Å². The first-order valence-electron chi connectivity index (χ1n) is 7.89. The molecule has 0 unspecified atom stereocenters. The average molecular weight is 383 g/mol. The summed E-state index contributed by atoms with van der Waals surface area (Å²) in [6.45, 7) is 8.30. The van der Waals surface area contributed by atoms with Crippen molar-refractivity contribution < 1.29 is 18.9 Å². The number of fused-ring (bicyclic) bond motifs is 1. The highest BCUT2D eigenvalue weighted by atomic mass is 79.9. The minimum absolute atomic E-state index is 0.0418. The summed E-state index contributed by atoms with van der Waals surface area (Å²) < 4.78 is 24.0. The van der Waals surface area contributed by atoms with Crippen LogP contribution in [0.25, 0.3) is 0 Å². The van der Waals surface area contributed by atoms with Crippen molar-refractivity contribution >= 4 is 15.9 Å². The van der Waals surface area contributed by atoms with Gasteiger partial charge in [-0.05, 0) is 19.4 Å². The lowest BCUT2D eigenvalue weighted by molar-refractivity contribution is -0.220. The highest BCUT2D eigenvalue weighted by molar-refractivity contribution is 9.09. The van der Waals surface area contributed by atoms with Gasteiger partial charge in [0.1, 0.15) is 6.10 Å². The molecule has 2 aliphatic rings. The fraction of sp³-hybridized carbons (Fsp3) is 0.556. The molecule has 0 aromatic heterocycles. The first-order valence-corrected chi connectivity index (χ1v) is 9.01. The van der Waals surface area contributed by atoms with Crippen molar-refractivity contribution in [2.75, 3.05) is 5.33 Å². The maximum absolute atomic E-state index is 6.09. The molecule has 0 bridgehead atoms. The van der Waals surface area contributed by atoms with Crippen LogP contribution in [0.3, 0.4) is 0 Å². The second kappa shape index (κ2) is 7.03. The molecule has 2 heterocycles. The lowest BCUT2D eigenvalue weighted by Crippen LogP contribution is -2.38. The highest BCUT2D eigenvalue weighted by Crippen LogP contribution is 2.42. The van der Waals surface area contributed by atoms with Crippen molar-refractivity contribution in [2.24, 2.45) is 5.92 Å². The Morgan fingerprint density at radius 2 is 2.04 bits per heavy atom. The largest absolute Gasteiger partial charge is 0.370 e. The van der Waals surface area contributed by atoms with Gasteiger partial charge in [-0.3, -0.25) is 0 Å². The van der Waals surface area contributed by atoms with E-state index in [2.05, 4.69) is 34.6 Å². The van der Waals surface area contributed by atoms with Gasteiger partial charge in [0, 0.05) is 11.2 Å². The van der Waals surface area contributed by atoms with E-state index in [0.717, 1.165) is 5.56 Å². The summed E-state index contributed by atoms with van der Waals surface area (Å²) in [6, 6.07) is 10.1. The first kappa shape index (κ1) is 17.1. The molecular weight excluding hydrogens is 360 g/mol. The number of rotatable bonds is 6. The molecule has 4 nitrogen and oxygen atoms in total. The Morgan fingerprint density at radius 1 is 1.30 bits per heavy atom. The van der Waals surface area contributed by atoms with E-state index in [-0.39, 0.29) is 30.5 Å². The van der Waals surface area contributed by atoms with E-state index in [1.54, 1.807) is 0 Å². The van der Waals surface area contributed by atoms with Crippen LogP contribution in [0.1, 0.15) is 19.4 Å². The molecule has 0 aliphatic carbocycles. The molecule has 2 fully saturated rings. The Kier molecular flexibility index (Phi) is 5.23. The van der Waals surface area contributed by atoms with Crippen LogP contribution >= 0.6 is 15.9 Å². The monoisotopic (exact) mass is 382 g/mol. The molecule has 0 radical (unpaired) electrons. The standard InChI is InChI=1S/C18H23BrO4/c1-4-13-15(21-17-16(13)22-18(2,3)23-17)14(10-19)20-11-12-8-6-5-7-9-12/h4-9,13-17H,1,10-11H2,2-3H3/t13-,14+,15+,16-,17-/m1/s1. The van der Waals surface area contributed by atoms with Crippen LogP contribution in [0, 0.1) is 5.92 Å². The molecule has 5 heteroatoms. The number of hydrogen-bond donors (Lipinski definition) is 0. The number of alkyl halides is 1. The molecule has 2 saturated heterocycles. The topological polar surface area (TPSA) is 36.9 Å². The zero-order chi connectivity index (χ0) is 16.4. The van der Waals surface area contributed by atoms with Crippen molar-refractivity contribution in [2.45, 2.75) is 50.8 Å². The molecule has 126 valence electrons. The fourth-order valence-corrected chi connectivity index (χ4v) is 3.72. The van der Waals surface area contributed by atoms with E-state index in [0.29, 0.717) is 11.9 Å². The quantitative estimate of drug-likeness (QED) is 0.555. The molecule has 0 spiro atoms. The summed E-state index contributed by atoms with van der Waals surface area (Å²) in [5.41, 5.74) is 1.14. The van der Waals surface area contributed by atoms with Crippen molar-refractivity contribution in [1.29, 1.82) is 0 Å². The average Bonchev–Trinajstić information content (AvgIpc) is 3.00. The fourth-order valence-electron chi connectivity index (χ4n) is 3.16. The maximum atomic E-state index is 6.09. The van der Waals surface area contributed by atoms with Crippen molar-refractivity contribution in [3.8, 4) is 0 Å². The predicted molar refractivity (Wildman–Crippen MR) is 91.2 cm³/mol. The van der Waals surface area contributed by atoms with Gasteiger partial charge in [0.2, 0.25) is 0 Å². The summed E-state index contributed by atoms with van der Waals surface area (Å²) in [4.78, 5) is 0. The van der Waals surface area contributed by atoms with Gasteiger partial charge in [-0.2, -0.15) is 0 Å². The van der Waals surface area contributed by atoms with E-state index >= 15 is 0 Å². The molecule has 3 rings (SSSR count). The molecule has 2 aliphatic heterocycles. The third-order valence-electron chi connectivity index (χ3n) is 4.24. The Balaban J connectivity index is 1.66. The Bertz CT molecular complexity index is 533. The smallest absolute Gasteiger partial charge is 0.188 e. The van der Waals surface area contributed by atoms with Crippen molar-refractivity contribution in [3.05, 3.63) is 48.6 Å². The number of hydrogen-bond acceptors (Lipinski definition) is 4. The summed E-state index contributed by atoms with van der Waals surface area (Å²) in [5, 5.41) is 0.678. The minimum atomic E-state index is -0.615. The normalized spacial score (nSPS) is 33.3. The van der Waals surface area contributed by atoms with Gasteiger partial charge in [0.05, 0.1) is 18.8 Å². The molecule has 0 amide bonds. The number of ether oxygens (including phenoxy) is 4. The van der Waals surface area contributed by atoms with Crippen LogP contribution in [-0.2, 0) is 25.6 Å². The molecule has 5 atom stereocenters. The molecule has 0 N–H and O–H groups in total. The van der Waals surface area contributed by atoms with Crippen LogP contribution < -0.4 is 0 Å². The van der Waals surface area contributed by atoms with Crippen LogP contribution in [0.2, 0.25) is 0 Å². The van der Waals surface area contributed by atoms with Crippen LogP contribution in [0.4, 0.5) is 0 Å². The maximum Gasteiger partial charge on any atom is 0.188 e. The molecule has 0 saturated carbocycles. The molecule has 1 aromatic rings. The molecular formula is C18H23BrO4. The minimum Gasteiger partial charge on any atom is -0.370 e. The highest BCUT2D eigenvalue weighted by Gasteiger charge is 2.55. The number of halogens is 1. The van der Waals surface area contributed by atoms with Gasteiger partial charge in [-0.1, -0.05) is 52.3 Å². The molecule has 1 aromatic carbocycles. The van der Waals surface area contributed by atoms with Gasteiger partial charge in [0.15, 0.2) is 12.1 Å². The van der Waals surface area contributed by atoms with Crippen LogP contribution in [0.5, 0.6) is 0 Å². The summed E-state index contributed by atoms with van der Waals surface area (Å²) >= 11 is 3.54. The first-order chi connectivity index (χ1) is 11.0. The second-order valence-corrected chi connectivity index (χ2v) is 7.02.